The normalized spacial score (nSPS) is 15.6. The van der Waals surface area contributed by atoms with Crippen LogP contribution in [0.5, 0.6) is 0 Å². The second kappa shape index (κ2) is 10.3. The Kier molecular flexibility index (Phi) is 10.0. The smallest absolute Gasteiger partial charge is 1.00 e. The van der Waals surface area contributed by atoms with Crippen molar-refractivity contribution in [3.05, 3.63) is 83.5 Å². The van der Waals surface area contributed by atoms with Crippen molar-refractivity contribution in [3.63, 3.8) is 0 Å². The molecule has 0 radical (unpaired) electrons. The SMILES string of the molecule is CC1=[C-]C(C)C=C1.[Cl-].[Cl-].[Zr+4].[c-]1cccc2c1Cc1ccccc1-2. The molecule has 0 saturated carbocycles. The Morgan fingerprint density at radius 2 is 1.70 bits per heavy atom. The first-order chi connectivity index (χ1) is 9.74. The van der Waals surface area contributed by atoms with Crippen LogP contribution in [0.3, 0.4) is 0 Å². The van der Waals surface area contributed by atoms with Crippen LogP contribution in [-0.2, 0) is 32.6 Å². The van der Waals surface area contributed by atoms with Crippen molar-refractivity contribution in [3.8, 4) is 11.1 Å². The third-order valence-corrected chi connectivity index (χ3v) is 3.71. The molecule has 1 atom stereocenters. The van der Waals surface area contributed by atoms with Gasteiger partial charge < -0.3 is 24.8 Å². The van der Waals surface area contributed by atoms with Gasteiger partial charge in [-0.15, -0.1) is 5.56 Å². The average molecular weight is 420 g/mol. The van der Waals surface area contributed by atoms with Gasteiger partial charge in [0.15, 0.2) is 0 Å². The Balaban J connectivity index is 0.000000426. The van der Waals surface area contributed by atoms with Gasteiger partial charge in [0.25, 0.3) is 0 Å². The van der Waals surface area contributed by atoms with E-state index in [-0.39, 0.29) is 51.0 Å². The van der Waals surface area contributed by atoms with Gasteiger partial charge in [-0.25, -0.2) is 11.6 Å². The van der Waals surface area contributed by atoms with Gasteiger partial charge >= 0.3 is 26.2 Å². The van der Waals surface area contributed by atoms with Crippen LogP contribution < -0.4 is 24.8 Å². The zero-order valence-corrected chi connectivity index (χ0v) is 17.2. The van der Waals surface area contributed by atoms with E-state index in [0.29, 0.717) is 5.92 Å². The molecular formula is C20H18Cl2Zr. The molecule has 2 aliphatic carbocycles. The van der Waals surface area contributed by atoms with E-state index in [1.807, 2.05) is 6.07 Å². The fourth-order valence-corrected chi connectivity index (χ4v) is 2.74. The standard InChI is InChI=1S/C13H9.C7H9.2ClH.Zr/c1-3-7-12-10(5-1)9-11-6-2-4-8-13(11)12;1-6-3-4-7(2)5-6;;;/h1-5,7-8H,9H2;3-4,6H,1-2H3;2*1H;/q2*-1;;;+4/p-2. The van der Waals surface area contributed by atoms with Crippen molar-refractivity contribution < 1.29 is 51.0 Å². The quantitative estimate of drug-likeness (QED) is 0.410. The second-order valence-corrected chi connectivity index (χ2v) is 5.37. The van der Waals surface area contributed by atoms with E-state index >= 15 is 0 Å². The molecule has 0 aliphatic heterocycles. The number of allylic oxidation sites excluding steroid dienone is 4. The largest absolute Gasteiger partial charge is 4.00 e. The van der Waals surface area contributed by atoms with Gasteiger partial charge in [-0.3, -0.25) is 6.08 Å². The van der Waals surface area contributed by atoms with Crippen LogP contribution in [0.1, 0.15) is 25.0 Å². The summed E-state index contributed by atoms with van der Waals surface area (Å²) in [4.78, 5) is 0. The van der Waals surface area contributed by atoms with Crippen LogP contribution in [0, 0.1) is 18.1 Å². The summed E-state index contributed by atoms with van der Waals surface area (Å²) < 4.78 is 0. The summed E-state index contributed by atoms with van der Waals surface area (Å²) in [7, 11) is 0. The molecule has 23 heavy (non-hydrogen) atoms. The van der Waals surface area contributed by atoms with Crippen LogP contribution >= 0.6 is 0 Å². The third-order valence-electron chi connectivity index (χ3n) is 3.71. The van der Waals surface area contributed by atoms with Gasteiger partial charge in [0.2, 0.25) is 0 Å². The van der Waals surface area contributed by atoms with Crippen LogP contribution in [0.15, 0.2) is 60.2 Å². The molecule has 0 spiro atoms. The van der Waals surface area contributed by atoms with E-state index in [1.54, 1.807) is 0 Å². The molecule has 4 rings (SSSR count). The first-order valence-corrected chi connectivity index (χ1v) is 7.10. The average Bonchev–Trinajstić information content (AvgIpc) is 3.02. The summed E-state index contributed by atoms with van der Waals surface area (Å²) in [6, 6.07) is 18.1. The second-order valence-electron chi connectivity index (χ2n) is 5.37. The summed E-state index contributed by atoms with van der Waals surface area (Å²) in [5, 5.41) is 0. The van der Waals surface area contributed by atoms with Crippen LogP contribution in [0.2, 0.25) is 0 Å². The van der Waals surface area contributed by atoms with E-state index < -0.39 is 0 Å². The first-order valence-electron chi connectivity index (χ1n) is 7.10. The summed E-state index contributed by atoms with van der Waals surface area (Å²) in [6.45, 7) is 4.20. The van der Waals surface area contributed by atoms with Gasteiger partial charge in [-0.05, 0) is 6.42 Å². The van der Waals surface area contributed by atoms with Gasteiger partial charge in [0.05, 0.1) is 0 Å². The van der Waals surface area contributed by atoms with E-state index in [0.717, 1.165) is 6.42 Å². The molecule has 0 fully saturated rings. The number of hydrogen-bond donors (Lipinski definition) is 0. The molecular weight excluding hydrogens is 402 g/mol. The maximum absolute atomic E-state index is 3.30. The molecule has 3 heteroatoms. The fourth-order valence-electron chi connectivity index (χ4n) is 2.74. The number of rotatable bonds is 0. The zero-order chi connectivity index (χ0) is 13.9. The zero-order valence-electron chi connectivity index (χ0n) is 13.2. The summed E-state index contributed by atoms with van der Waals surface area (Å²) in [5.74, 6) is 0.556. The summed E-state index contributed by atoms with van der Waals surface area (Å²) in [5.41, 5.74) is 6.78. The Bertz CT molecular complexity index is 646. The molecule has 0 amide bonds. The molecule has 0 N–H and O–H groups in total. The summed E-state index contributed by atoms with van der Waals surface area (Å²) >= 11 is 0. The van der Waals surface area contributed by atoms with Crippen molar-refractivity contribution in [2.45, 2.75) is 20.3 Å². The predicted molar refractivity (Wildman–Crippen MR) is 84.3 cm³/mol. The van der Waals surface area contributed by atoms with Crippen molar-refractivity contribution in [2.24, 2.45) is 5.92 Å². The molecule has 2 aliphatic rings. The molecule has 116 valence electrons. The molecule has 1 unspecified atom stereocenters. The topological polar surface area (TPSA) is 0 Å². The van der Waals surface area contributed by atoms with Gasteiger partial charge in [0.1, 0.15) is 0 Å². The minimum absolute atomic E-state index is 0. The van der Waals surface area contributed by atoms with E-state index in [1.165, 1.54) is 27.8 Å². The van der Waals surface area contributed by atoms with Gasteiger partial charge in [0, 0.05) is 0 Å². The number of halogens is 2. The molecule has 0 aromatic heterocycles. The Labute approximate surface area is 171 Å². The number of benzene rings is 2. The molecule has 2 aromatic carbocycles. The van der Waals surface area contributed by atoms with Crippen molar-refractivity contribution in [1.82, 2.24) is 0 Å². The van der Waals surface area contributed by atoms with Crippen LogP contribution in [0.4, 0.5) is 0 Å². The Morgan fingerprint density at radius 3 is 2.30 bits per heavy atom. The van der Waals surface area contributed by atoms with E-state index in [4.69, 9.17) is 0 Å². The summed E-state index contributed by atoms with van der Waals surface area (Å²) in [6.07, 6.45) is 8.52. The van der Waals surface area contributed by atoms with Crippen molar-refractivity contribution in [2.75, 3.05) is 0 Å². The number of fused-ring (bicyclic) bond motifs is 3. The van der Waals surface area contributed by atoms with Gasteiger partial charge in [-0.2, -0.15) is 35.9 Å². The van der Waals surface area contributed by atoms with Gasteiger partial charge in [-0.1, -0.05) is 55.2 Å². The Hall–Kier alpha value is -0.617. The van der Waals surface area contributed by atoms with Crippen LogP contribution in [0.25, 0.3) is 11.1 Å². The first kappa shape index (κ1) is 22.4. The maximum atomic E-state index is 3.30. The molecule has 0 heterocycles. The third kappa shape index (κ3) is 5.45. The molecule has 0 nitrogen and oxygen atoms in total. The number of hydrogen-bond acceptors (Lipinski definition) is 0. The maximum Gasteiger partial charge on any atom is 4.00 e. The minimum atomic E-state index is 0. The molecule has 0 saturated heterocycles. The molecule has 0 bridgehead atoms. The van der Waals surface area contributed by atoms with Crippen LogP contribution in [-0.4, -0.2) is 0 Å². The van der Waals surface area contributed by atoms with E-state index in [9.17, 15) is 0 Å². The van der Waals surface area contributed by atoms with E-state index in [2.05, 4.69) is 74.5 Å². The molecule has 2 aromatic rings. The Morgan fingerprint density at radius 1 is 1.00 bits per heavy atom. The van der Waals surface area contributed by atoms with Crippen molar-refractivity contribution in [1.29, 1.82) is 0 Å². The van der Waals surface area contributed by atoms with Crippen molar-refractivity contribution >= 4 is 0 Å². The monoisotopic (exact) mass is 418 g/mol. The predicted octanol–water partition coefficient (Wildman–Crippen LogP) is -0.995. The minimum Gasteiger partial charge on any atom is -1.00 e. The fraction of sp³-hybridized carbons (Fsp3) is 0.200.